The molecular formula is C31H29F6N3O4. The number of aliphatic carboxylic acids is 1. The maximum atomic E-state index is 14.3. The number of carboxylic acids is 1. The number of nitrogens with one attached hydrogen (secondary N) is 1. The molecule has 0 saturated heterocycles. The van der Waals surface area contributed by atoms with Gasteiger partial charge in [-0.3, -0.25) is 14.4 Å². The summed E-state index contributed by atoms with van der Waals surface area (Å²) < 4.78 is 78.7. The van der Waals surface area contributed by atoms with Gasteiger partial charge in [-0.2, -0.15) is 26.3 Å². The maximum absolute atomic E-state index is 14.3. The Balaban J connectivity index is 0.000000345. The molecule has 1 heterocycles. The van der Waals surface area contributed by atoms with E-state index in [2.05, 4.69) is 11.9 Å². The van der Waals surface area contributed by atoms with Crippen LogP contribution < -0.4 is 16.6 Å². The van der Waals surface area contributed by atoms with E-state index < -0.39 is 47.5 Å². The summed E-state index contributed by atoms with van der Waals surface area (Å²) >= 11 is 0. The van der Waals surface area contributed by atoms with Crippen molar-refractivity contribution < 1.29 is 41.0 Å². The molecule has 4 rings (SSSR count). The molecule has 0 aliphatic heterocycles. The smallest absolute Gasteiger partial charge is 0.417 e. The summed E-state index contributed by atoms with van der Waals surface area (Å²) in [5.74, 6) is -1.65. The number of amides is 1. The zero-order valence-electron chi connectivity index (χ0n) is 23.5. The summed E-state index contributed by atoms with van der Waals surface area (Å²) in [5, 5.41) is 12.2. The van der Waals surface area contributed by atoms with Gasteiger partial charge >= 0.3 is 18.3 Å². The number of aryl methyl sites for hydroxylation is 2. The fourth-order valence-corrected chi connectivity index (χ4v) is 4.69. The van der Waals surface area contributed by atoms with Crippen LogP contribution >= 0.6 is 0 Å². The fraction of sp³-hybridized carbons (Fsp3) is 0.258. The maximum Gasteiger partial charge on any atom is 0.417 e. The fourth-order valence-electron chi connectivity index (χ4n) is 4.69. The standard InChI is InChI=1S/C24H18F3NO3.C7H11F3N2O/c1-28-19-11-3-2-7-18(19)22(24(25,26)27)21(23(28)31)17-10-5-8-15-14(12-13-20(29)30)6-4-9-16(15)17;1-5(6(11)13)2-3-12-4-7(8,9)10/h2-11H,12-13H2,1H3,(H,29,30);12H,1-4H2,(H2,11,13). The Labute approximate surface area is 247 Å². The van der Waals surface area contributed by atoms with Gasteiger partial charge in [0.25, 0.3) is 5.56 Å². The molecule has 3 aromatic carbocycles. The highest BCUT2D eigenvalue weighted by atomic mass is 19.4. The van der Waals surface area contributed by atoms with Gasteiger partial charge in [0.1, 0.15) is 0 Å². The SMILES string of the molecule is C=C(CCNCC(F)(F)F)C(N)=O.Cn1c(=O)c(-c2cccc3c(CCC(=O)O)cccc23)c(C(F)(F)F)c2ccccc21. The van der Waals surface area contributed by atoms with Crippen molar-refractivity contribution in [2.24, 2.45) is 12.8 Å². The Hall–Kier alpha value is -4.65. The highest BCUT2D eigenvalue weighted by Gasteiger charge is 2.38. The number of para-hydroxylation sites is 1. The molecule has 4 aromatic rings. The molecule has 1 aromatic heterocycles. The second-order valence-corrected chi connectivity index (χ2v) is 9.85. The lowest BCUT2D eigenvalue weighted by molar-refractivity contribution is -0.137. The third-order valence-corrected chi connectivity index (χ3v) is 6.75. The zero-order chi connectivity index (χ0) is 32.8. The van der Waals surface area contributed by atoms with Crippen LogP contribution in [0.2, 0.25) is 0 Å². The van der Waals surface area contributed by atoms with Crippen molar-refractivity contribution in [3.05, 3.63) is 94.3 Å². The van der Waals surface area contributed by atoms with E-state index in [1.54, 1.807) is 36.4 Å². The van der Waals surface area contributed by atoms with Gasteiger partial charge in [-0.05, 0) is 47.4 Å². The Morgan fingerprint density at radius 3 is 2.14 bits per heavy atom. The van der Waals surface area contributed by atoms with E-state index in [0.29, 0.717) is 16.3 Å². The van der Waals surface area contributed by atoms with Crippen LogP contribution in [0.25, 0.3) is 32.8 Å². The number of carbonyl (C=O) groups excluding carboxylic acids is 1. The van der Waals surface area contributed by atoms with Crippen LogP contribution in [0.5, 0.6) is 0 Å². The summed E-state index contributed by atoms with van der Waals surface area (Å²) in [6.45, 7) is 2.26. The molecule has 0 saturated carbocycles. The summed E-state index contributed by atoms with van der Waals surface area (Å²) in [6.07, 6.45) is -8.71. The minimum Gasteiger partial charge on any atom is -0.481 e. The van der Waals surface area contributed by atoms with Crippen molar-refractivity contribution in [3.63, 3.8) is 0 Å². The average molecular weight is 622 g/mol. The van der Waals surface area contributed by atoms with Gasteiger partial charge in [-0.25, -0.2) is 0 Å². The first kappa shape index (κ1) is 33.8. The van der Waals surface area contributed by atoms with Crippen molar-refractivity contribution >= 4 is 33.6 Å². The van der Waals surface area contributed by atoms with Crippen molar-refractivity contribution in [2.75, 3.05) is 13.1 Å². The number of alkyl halides is 6. The number of carbonyl (C=O) groups is 2. The van der Waals surface area contributed by atoms with E-state index in [4.69, 9.17) is 10.8 Å². The van der Waals surface area contributed by atoms with Crippen LogP contribution in [0.15, 0.2) is 77.6 Å². The summed E-state index contributed by atoms with van der Waals surface area (Å²) in [6, 6.07) is 15.9. The van der Waals surface area contributed by atoms with E-state index in [-0.39, 0.29) is 47.8 Å². The van der Waals surface area contributed by atoms with Gasteiger partial charge in [0, 0.05) is 24.4 Å². The van der Waals surface area contributed by atoms with Crippen LogP contribution in [0.4, 0.5) is 26.3 Å². The minimum atomic E-state index is -4.74. The Morgan fingerprint density at radius 2 is 1.52 bits per heavy atom. The second kappa shape index (κ2) is 13.8. The highest BCUT2D eigenvalue weighted by molar-refractivity contribution is 6.01. The molecule has 0 radical (unpaired) electrons. The number of carboxylic acid groups (broad SMARTS) is 1. The average Bonchev–Trinajstić information content (AvgIpc) is 2.94. The first-order valence-corrected chi connectivity index (χ1v) is 13.2. The van der Waals surface area contributed by atoms with Gasteiger partial charge in [0.05, 0.1) is 23.2 Å². The third kappa shape index (κ3) is 8.25. The van der Waals surface area contributed by atoms with Crippen LogP contribution in [0.1, 0.15) is 24.0 Å². The first-order valence-electron chi connectivity index (χ1n) is 13.2. The van der Waals surface area contributed by atoms with Crippen LogP contribution in [-0.2, 0) is 29.2 Å². The normalized spacial score (nSPS) is 11.7. The third-order valence-electron chi connectivity index (χ3n) is 6.75. The molecule has 4 N–H and O–H groups in total. The number of aromatic nitrogens is 1. The quantitative estimate of drug-likeness (QED) is 0.121. The number of hydrogen-bond acceptors (Lipinski definition) is 4. The van der Waals surface area contributed by atoms with Gasteiger partial charge in [0.15, 0.2) is 0 Å². The molecule has 13 heteroatoms. The zero-order valence-corrected chi connectivity index (χ0v) is 23.5. The molecular weight excluding hydrogens is 592 g/mol. The first-order chi connectivity index (χ1) is 20.5. The predicted octanol–water partition coefficient (Wildman–Crippen LogP) is 5.96. The van der Waals surface area contributed by atoms with Crippen molar-refractivity contribution in [1.29, 1.82) is 0 Å². The van der Waals surface area contributed by atoms with E-state index in [9.17, 15) is 40.7 Å². The van der Waals surface area contributed by atoms with E-state index in [1.165, 1.54) is 35.9 Å². The Kier molecular flexibility index (Phi) is 10.6. The van der Waals surface area contributed by atoms with Crippen LogP contribution in [0.3, 0.4) is 0 Å². The van der Waals surface area contributed by atoms with Crippen molar-refractivity contribution in [1.82, 2.24) is 9.88 Å². The summed E-state index contributed by atoms with van der Waals surface area (Å²) in [7, 11) is 1.46. The molecule has 0 unspecified atom stereocenters. The monoisotopic (exact) mass is 621 g/mol. The number of rotatable bonds is 9. The van der Waals surface area contributed by atoms with Crippen molar-refractivity contribution in [2.45, 2.75) is 31.6 Å². The van der Waals surface area contributed by atoms with Crippen LogP contribution in [-0.4, -0.2) is 40.8 Å². The number of nitrogens with zero attached hydrogens (tertiary/aromatic N) is 1. The molecule has 1 amide bonds. The lowest BCUT2D eigenvalue weighted by Gasteiger charge is -2.19. The largest absolute Gasteiger partial charge is 0.481 e. The van der Waals surface area contributed by atoms with Gasteiger partial charge < -0.3 is 20.7 Å². The molecule has 0 fully saturated rings. The molecule has 0 spiro atoms. The second-order valence-electron chi connectivity index (χ2n) is 9.85. The molecule has 0 atom stereocenters. The number of pyridine rings is 1. The molecule has 234 valence electrons. The van der Waals surface area contributed by atoms with Gasteiger partial charge in [-0.15, -0.1) is 0 Å². The predicted molar refractivity (Wildman–Crippen MR) is 155 cm³/mol. The van der Waals surface area contributed by atoms with E-state index in [0.717, 1.165) is 0 Å². The number of nitrogens with two attached hydrogens (primary N) is 1. The van der Waals surface area contributed by atoms with Gasteiger partial charge in [0.2, 0.25) is 5.91 Å². The lowest BCUT2D eigenvalue weighted by atomic mass is 9.91. The molecule has 0 aliphatic carbocycles. The molecule has 44 heavy (non-hydrogen) atoms. The highest BCUT2D eigenvalue weighted by Crippen LogP contribution is 2.42. The number of fused-ring (bicyclic) bond motifs is 2. The summed E-state index contributed by atoms with van der Waals surface area (Å²) in [4.78, 5) is 34.5. The Morgan fingerprint density at radius 1 is 0.909 bits per heavy atom. The molecule has 0 aliphatic rings. The van der Waals surface area contributed by atoms with Gasteiger partial charge in [-0.1, -0.05) is 61.2 Å². The topological polar surface area (TPSA) is 114 Å². The van der Waals surface area contributed by atoms with E-state index >= 15 is 0 Å². The van der Waals surface area contributed by atoms with E-state index in [1.807, 2.05) is 0 Å². The number of primary amides is 1. The number of halogens is 6. The van der Waals surface area contributed by atoms with Crippen LogP contribution in [0, 0.1) is 0 Å². The molecule has 7 nitrogen and oxygen atoms in total. The molecule has 0 bridgehead atoms. The number of benzene rings is 3. The lowest BCUT2D eigenvalue weighted by Crippen LogP contribution is -2.30. The minimum absolute atomic E-state index is 0.0429. The Bertz CT molecular complexity index is 1760. The number of hydrogen-bond donors (Lipinski definition) is 3. The van der Waals surface area contributed by atoms with Crippen molar-refractivity contribution in [3.8, 4) is 11.1 Å². The summed E-state index contributed by atoms with van der Waals surface area (Å²) in [5.41, 5.74) is 3.90.